The molecule has 0 aromatic rings. The van der Waals surface area contributed by atoms with Gasteiger partial charge in [-0.15, -0.1) is 12.4 Å². The van der Waals surface area contributed by atoms with Crippen LogP contribution in [0.2, 0.25) is 0 Å². The molecule has 0 bridgehead atoms. The molecule has 0 radical (unpaired) electrons. The summed E-state index contributed by atoms with van der Waals surface area (Å²) in [7, 11) is 3.39. The summed E-state index contributed by atoms with van der Waals surface area (Å²) in [5, 5.41) is 9.01. The van der Waals surface area contributed by atoms with Gasteiger partial charge in [-0.25, -0.2) is 0 Å². The van der Waals surface area contributed by atoms with Gasteiger partial charge in [0.1, 0.15) is 6.04 Å². The molecule has 0 heterocycles. The van der Waals surface area contributed by atoms with Crippen molar-refractivity contribution >= 4 is 18.3 Å². The van der Waals surface area contributed by atoms with Crippen molar-refractivity contribution in [3.63, 3.8) is 0 Å². The van der Waals surface area contributed by atoms with E-state index in [0.717, 1.165) is 0 Å². The summed E-state index contributed by atoms with van der Waals surface area (Å²) in [4.78, 5) is 12.2. The zero-order valence-corrected chi connectivity index (χ0v) is 7.76. The number of hydrogen-bond acceptors (Lipinski definition) is 3. The van der Waals surface area contributed by atoms with Gasteiger partial charge in [-0.2, -0.15) is 0 Å². The highest BCUT2D eigenvalue weighted by molar-refractivity contribution is 5.85. The third kappa shape index (κ3) is 4.19. The van der Waals surface area contributed by atoms with Gasteiger partial charge in [0, 0.05) is 0 Å². The average Bonchev–Trinajstić information content (AvgIpc) is 1.59. The molecule has 0 spiro atoms. The molecule has 1 amide bonds. The number of halogens is 1. The van der Waals surface area contributed by atoms with Crippen LogP contribution in [0.5, 0.6) is 0 Å². The first-order chi connectivity index (χ1) is 4.46. The highest BCUT2D eigenvalue weighted by Crippen LogP contribution is 1.97. The number of amides is 1. The summed E-state index contributed by atoms with van der Waals surface area (Å²) in [5.74, 6) is -0.500. The highest BCUT2D eigenvalue weighted by Gasteiger charge is 2.22. The molecule has 68 valence electrons. The van der Waals surface area contributed by atoms with Crippen LogP contribution in [0.4, 0.5) is 0 Å². The van der Waals surface area contributed by atoms with Crippen LogP contribution in [0, 0.1) is 0 Å². The van der Waals surface area contributed by atoms with Crippen molar-refractivity contribution in [3.8, 4) is 0 Å². The van der Waals surface area contributed by atoms with Crippen LogP contribution in [0.25, 0.3) is 0 Å². The van der Waals surface area contributed by atoms with Crippen LogP contribution >= 0.6 is 12.4 Å². The third-order valence-corrected chi connectivity index (χ3v) is 1.30. The number of nitrogens with two attached hydrogens (primary N) is 1. The number of nitrogens with zero attached hydrogens (tertiary/aromatic N) is 1. The lowest BCUT2D eigenvalue weighted by Gasteiger charge is -2.23. The molecule has 0 aliphatic heterocycles. The molecule has 0 unspecified atom stereocenters. The zero-order chi connectivity index (χ0) is 8.31. The van der Waals surface area contributed by atoms with Crippen LogP contribution in [-0.4, -0.2) is 42.2 Å². The van der Waals surface area contributed by atoms with Gasteiger partial charge in [0.15, 0.2) is 0 Å². The maximum absolute atomic E-state index is 10.6. The first-order valence-electron chi connectivity index (χ1n) is 3.10. The van der Waals surface area contributed by atoms with Crippen LogP contribution in [-0.2, 0) is 4.79 Å². The van der Waals surface area contributed by atoms with Crippen LogP contribution in [0.1, 0.15) is 6.92 Å². The largest absolute Gasteiger partial charge is 0.391 e. The summed E-state index contributed by atoms with van der Waals surface area (Å²) in [6.45, 7) is 1.54. The van der Waals surface area contributed by atoms with Gasteiger partial charge in [-0.05, 0) is 21.0 Å². The molecular formula is C6H15ClN2O2. The van der Waals surface area contributed by atoms with Gasteiger partial charge >= 0.3 is 0 Å². The lowest BCUT2D eigenvalue weighted by molar-refractivity contribution is -0.125. The molecule has 0 aromatic heterocycles. The minimum atomic E-state index is -0.715. The molecule has 11 heavy (non-hydrogen) atoms. The standard InChI is InChI=1S/C6H14N2O2.ClH/c1-4(9)5(6(7)10)8(2)3;/h4-5,9H,1-3H3,(H2,7,10);1H/t4-,5+;/m1./s1. The predicted octanol–water partition coefficient (Wildman–Crippen LogP) is -0.796. The SMILES string of the molecule is C[C@@H](O)[C@@H](C(N)=O)N(C)C.Cl. The zero-order valence-electron chi connectivity index (χ0n) is 6.94. The Hall–Kier alpha value is -0.320. The van der Waals surface area contributed by atoms with Gasteiger partial charge in [0.2, 0.25) is 5.91 Å². The second kappa shape index (κ2) is 5.35. The average molecular weight is 183 g/mol. The van der Waals surface area contributed by atoms with Crippen LogP contribution in [0.3, 0.4) is 0 Å². The van der Waals surface area contributed by atoms with E-state index in [4.69, 9.17) is 10.8 Å². The topological polar surface area (TPSA) is 66.6 Å². The number of primary amides is 1. The molecule has 5 heteroatoms. The number of carbonyl (C=O) groups excluding carboxylic acids is 1. The van der Waals surface area contributed by atoms with E-state index < -0.39 is 18.1 Å². The monoisotopic (exact) mass is 182 g/mol. The molecular weight excluding hydrogens is 168 g/mol. The molecule has 0 aliphatic carbocycles. The molecule has 4 nitrogen and oxygen atoms in total. The first kappa shape index (κ1) is 13.3. The molecule has 3 N–H and O–H groups in total. The van der Waals surface area contributed by atoms with Crippen LogP contribution in [0.15, 0.2) is 0 Å². The fourth-order valence-electron chi connectivity index (χ4n) is 0.924. The lowest BCUT2D eigenvalue weighted by atomic mass is 10.1. The molecule has 0 aliphatic rings. The normalized spacial score (nSPS) is 15.4. The second-order valence-corrected chi connectivity index (χ2v) is 2.55. The second-order valence-electron chi connectivity index (χ2n) is 2.55. The molecule has 0 fully saturated rings. The highest BCUT2D eigenvalue weighted by atomic mass is 35.5. The van der Waals surface area contributed by atoms with E-state index >= 15 is 0 Å². The number of aliphatic hydroxyl groups is 1. The minimum absolute atomic E-state index is 0. The maximum atomic E-state index is 10.6. The Balaban J connectivity index is 0. The van der Waals surface area contributed by atoms with E-state index in [0.29, 0.717) is 0 Å². The van der Waals surface area contributed by atoms with Crippen molar-refractivity contribution in [1.29, 1.82) is 0 Å². The summed E-state index contributed by atoms with van der Waals surface area (Å²) in [5.41, 5.74) is 5.00. The Kier molecular flexibility index (Phi) is 6.46. The maximum Gasteiger partial charge on any atom is 0.237 e. The fraction of sp³-hybridized carbons (Fsp3) is 0.833. The van der Waals surface area contributed by atoms with Crippen molar-refractivity contribution in [2.75, 3.05) is 14.1 Å². The van der Waals surface area contributed by atoms with E-state index in [1.165, 1.54) is 6.92 Å². The predicted molar refractivity (Wildman–Crippen MR) is 45.6 cm³/mol. The smallest absolute Gasteiger partial charge is 0.237 e. The van der Waals surface area contributed by atoms with Gasteiger partial charge < -0.3 is 10.8 Å². The van der Waals surface area contributed by atoms with Gasteiger partial charge in [-0.1, -0.05) is 0 Å². The first-order valence-corrected chi connectivity index (χ1v) is 3.10. The Bertz CT molecular complexity index is 120. The Morgan fingerprint density at radius 1 is 1.55 bits per heavy atom. The summed E-state index contributed by atoms with van der Waals surface area (Å²) in [6, 6.07) is -0.583. The number of carbonyl (C=O) groups is 1. The molecule has 0 saturated carbocycles. The van der Waals surface area contributed by atoms with E-state index in [1.54, 1.807) is 19.0 Å². The Morgan fingerprint density at radius 2 is 1.91 bits per heavy atom. The quantitative estimate of drug-likeness (QED) is 0.601. The van der Waals surface area contributed by atoms with Crippen molar-refractivity contribution in [2.45, 2.75) is 19.1 Å². The van der Waals surface area contributed by atoms with Crippen molar-refractivity contribution in [1.82, 2.24) is 4.90 Å². The van der Waals surface area contributed by atoms with Crippen molar-refractivity contribution in [2.24, 2.45) is 5.73 Å². The number of hydrogen-bond donors (Lipinski definition) is 2. The molecule has 0 saturated heterocycles. The number of aliphatic hydroxyl groups excluding tert-OH is 1. The lowest BCUT2D eigenvalue weighted by Crippen LogP contribution is -2.47. The van der Waals surface area contributed by atoms with E-state index in [2.05, 4.69) is 0 Å². The minimum Gasteiger partial charge on any atom is -0.391 e. The van der Waals surface area contributed by atoms with Gasteiger partial charge in [-0.3, -0.25) is 9.69 Å². The molecule has 2 atom stereocenters. The third-order valence-electron chi connectivity index (χ3n) is 1.30. The van der Waals surface area contributed by atoms with Gasteiger partial charge in [0.25, 0.3) is 0 Å². The number of rotatable bonds is 3. The van der Waals surface area contributed by atoms with E-state index in [9.17, 15) is 4.79 Å². The Labute approximate surface area is 72.8 Å². The summed E-state index contributed by atoms with van der Waals surface area (Å²) >= 11 is 0. The van der Waals surface area contributed by atoms with E-state index in [1.807, 2.05) is 0 Å². The van der Waals surface area contributed by atoms with Crippen molar-refractivity contribution < 1.29 is 9.90 Å². The molecule has 0 aromatic carbocycles. The molecule has 0 rings (SSSR count). The fourth-order valence-corrected chi connectivity index (χ4v) is 0.924. The van der Waals surface area contributed by atoms with E-state index in [-0.39, 0.29) is 12.4 Å². The van der Waals surface area contributed by atoms with Gasteiger partial charge in [0.05, 0.1) is 6.10 Å². The summed E-state index contributed by atoms with van der Waals surface area (Å²) < 4.78 is 0. The Morgan fingerprint density at radius 3 is 1.91 bits per heavy atom. The number of likely N-dealkylation sites (N-methyl/N-ethyl adjacent to an activating group) is 1. The van der Waals surface area contributed by atoms with Crippen LogP contribution < -0.4 is 5.73 Å². The van der Waals surface area contributed by atoms with Crippen molar-refractivity contribution in [3.05, 3.63) is 0 Å². The summed E-state index contributed by atoms with van der Waals surface area (Å²) in [6.07, 6.45) is -0.715.